The molecule has 0 unspecified atom stereocenters. The molecule has 0 aliphatic carbocycles. The van der Waals surface area contributed by atoms with Crippen LogP contribution in [0.1, 0.15) is 34.8 Å². The van der Waals surface area contributed by atoms with Crippen LogP contribution in [0.2, 0.25) is 0 Å². The Morgan fingerprint density at radius 2 is 2.00 bits per heavy atom. The molecular formula is C16H19N3O3S. The minimum atomic E-state index is -3.24. The molecule has 0 radical (unpaired) electrons. The average Bonchev–Trinajstić information content (AvgIpc) is 3.08. The Bertz CT molecular complexity index is 782. The molecule has 1 amide bonds. The smallest absolute Gasteiger partial charge is 0.253 e. The second-order valence-electron chi connectivity index (χ2n) is 5.90. The standard InChI is InChI=1S/C16H19N3O3S/c1-23(21,22)14-6-4-12(5-7-14)16(20)19-10-2-3-13(11-19)15-8-9-17-18-15/h4-9,13H,2-3,10-11H2,1H3,(H,17,18)/t13-/m1/s1. The summed E-state index contributed by atoms with van der Waals surface area (Å²) in [6.07, 6.45) is 4.85. The number of hydrogen-bond acceptors (Lipinski definition) is 4. The molecule has 1 aliphatic rings. The Labute approximate surface area is 135 Å². The van der Waals surface area contributed by atoms with Crippen LogP contribution in [-0.4, -0.2) is 48.8 Å². The van der Waals surface area contributed by atoms with E-state index in [1.165, 1.54) is 12.1 Å². The van der Waals surface area contributed by atoms with E-state index in [1.807, 2.05) is 11.0 Å². The van der Waals surface area contributed by atoms with Gasteiger partial charge in [0.25, 0.3) is 5.91 Å². The monoisotopic (exact) mass is 333 g/mol. The SMILES string of the molecule is CS(=O)(=O)c1ccc(C(=O)N2CCC[C@@H](c3ccn[nH]3)C2)cc1. The first-order valence-corrected chi connectivity index (χ1v) is 9.43. The van der Waals surface area contributed by atoms with Crippen molar-refractivity contribution in [1.29, 1.82) is 0 Å². The summed E-state index contributed by atoms with van der Waals surface area (Å²) in [5, 5.41) is 6.95. The maximum atomic E-state index is 12.6. The number of sulfone groups is 1. The van der Waals surface area contributed by atoms with Crippen LogP contribution in [0.15, 0.2) is 41.4 Å². The second-order valence-corrected chi connectivity index (χ2v) is 7.91. The lowest BCUT2D eigenvalue weighted by Crippen LogP contribution is -2.39. The molecule has 122 valence electrons. The topological polar surface area (TPSA) is 83.1 Å². The summed E-state index contributed by atoms with van der Waals surface area (Å²) in [7, 11) is -3.24. The van der Waals surface area contributed by atoms with Crippen molar-refractivity contribution in [1.82, 2.24) is 15.1 Å². The fourth-order valence-corrected chi connectivity index (χ4v) is 3.57. The van der Waals surface area contributed by atoms with E-state index in [9.17, 15) is 13.2 Å². The van der Waals surface area contributed by atoms with Crippen molar-refractivity contribution in [2.45, 2.75) is 23.7 Å². The minimum absolute atomic E-state index is 0.0609. The number of nitrogens with zero attached hydrogens (tertiary/aromatic N) is 2. The third-order valence-electron chi connectivity index (χ3n) is 4.20. The first-order chi connectivity index (χ1) is 10.9. The summed E-state index contributed by atoms with van der Waals surface area (Å²) in [4.78, 5) is 14.7. The number of nitrogens with one attached hydrogen (secondary N) is 1. The maximum absolute atomic E-state index is 12.6. The zero-order valence-electron chi connectivity index (χ0n) is 12.9. The number of rotatable bonds is 3. The van der Waals surface area contributed by atoms with Gasteiger partial charge in [-0.15, -0.1) is 0 Å². The van der Waals surface area contributed by atoms with E-state index in [0.29, 0.717) is 12.1 Å². The number of hydrogen-bond donors (Lipinski definition) is 1. The van der Waals surface area contributed by atoms with E-state index in [-0.39, 0.29) is 16.7 Å². The highest BCUT2D eigenvalue weighted by Crippen LogP contribution is 2.26. The van der Waals surface area contributed by atoms with Gasteiger partial charge in [-0.3, -0.25) is 9.89 Å². The molecule has 7 heteroatoms. The van der Waals surface area contributed by atoms with E-state index >= 15 is 0 Å². The van der Waals surface area contributed by atoms with Gasteiger partial charge < -0.3 is 4.90 Å². The predicted molar refractivity (Wildman–Crippen MR) is 86.0 cm³/mol. The Balaban J connectivity index is 1.75. The first-order valence-electron chi connectivity index (χ1n) is 7.54. The molecule has 2 aromatic rings. The van der Waals surface area contributed by atoms with Gasteiger partial charge in [0.15, 0.2) is 9.84 Å². The third-order valence-corrected chi connectivity index (χ3v) is 5.33. The Morgan fingerprint density at radius 3 is 2.61 bits per heavy atom. The van der Waals surface area contributed by atoms with E-state index in [0.717, 1.165) is 31.3 Å². The summed E-state index contributed by atoms with van der Waals surface area (Å²) in [6.45, 7) is 1.37. The van der Waals surface area contributed by atoms with Gasteiger partial charge in [-0.25, -0.2) is 8.42 Å². The average molecular weight is 333 g/mol. The van der Waals surface area contributed by atoms with Gasteiger partial charge in [0.1, 0.15) is 0 Å². The number of amides is 1. The zero-order valence-corrected chi connectivity index (χ0v) is 13.7. The number of benzene rings is 1. The van der Waals surface area contributed by atoms with E-state index < -0.39 is 9.84 Å². The Morgan fingerprint density at radius 1 is 1.26 bits per heavy atom. The number of aromatic nitrogens is 2. The maximum Gasteiger partial charge on any atom is 0.253 e. The predicted octanol–water partition coefficient (Wildman–Crippen LogP) is 1.83. The van der Waals surface area contributed by atoms with Gasteiger partial charge in [-0.05, 0) is 43.2 Å². The van der Waals surface area contributed by atoms with E-state index in [2.05, 4.69) is 10.2 Å². The quantitative estimate of drug-likeness (QED) is 0.929. The number of likely N-dealkylation sites (tertiary alicyclic amines) is 1. The Kier molecular flexibility index (Phi) is 4.21. The zero-order chi connectivity index (χ0) is 16.4. The molecule has 1 fully saturated rings. The van der Waals surface area contributed by atoms with Crippen LogP contribution in [0, 0.1) is 0 Å². The van der Waals surface area contributed by atoms with Crippen molar-refractivity contribution >= 4 is 15.7 Å². The normalized spacial score (nSPS) is 18.8. The van der Waals surface area contributed by atoms with Crippen LogP contribution in [-0.2, 0) is 9.84 Å². The van der Waals surface area contributed by atoms with Crippen LogP contribution in [0.5, 0.6) is 0 Å². The van der Waals surface area contributed by atoms with Crippen LogP contribution < -0.4 is 0 Å². The van der Waals surface area contributed by atoms with Crippen LogP contribution in [0.25, 0.3) is 0 Å². The van der Waals surface area contributed by atoms with Crippen molar-refractivity contribution in [3.63, 3.8) is 0 Å². The molecule has 1 aromatic carbocycles. The highest BCUT2D eigenvalue weighted by atomic mass is 32.2. The molecular weight excluding hydrogens is 314 g/mol. The molecule has 2 heterocycles. The van der Waals surface area contributed by atoms with E-state index in [1.54, 1.807) is 18.3 Å². The van der Waals surface area contributed by atoms with Gasteiger partial charge in [-0.2, -0.15) is 5.10 Å². The molecule has 1 saturated heterocycles. The summed E-state index contributed by atoms with van der Waals surface area (Å²) < 4.78 is 23.0. The van der Waals surface area contributed by atoms with Crippen LogP contribution in [0.4, 0.5) is 0 Å². The second kappa shape index (κ2) is 6.16. The molecule has 0 saturated carbocycles. The van der Waals surface area contributed by atoms with Gasteiger partial charge in [-0.1, -0.05) is 0 Å². The van der Waals surface area contributed by atoms with Gasteiger partial charge >= 0.3 is 0 Å². The van der Waals surface area contributed by atoms with Gasteiger partial charge in [0.05, 0.1) is 4.90 Å². The van der Waals surface area contributed by atoms with Gasteiger partial charge in [0, 0.05) is 42.7 Å². The van der Waals surface area contributed by atoms with E-state index in [4.69, 9.17) is 0 Å². The highest BCUT2D eigenvalue weighted by Gasteiger charge is 2.26. The molecule has 0 spiro atoms. The lowest BCUT2D eigenvalue weighted by atomic mass is 9.94. The number of piperidine rings is 1. The summed E-state index contributed by atoms with van der Waals surface area (Å²) in [6, 6.07) is 8.08. The summed E-state index contributed by atoms with van der Waals surface area (Å²) in [5.74, 6) is 0.208. The highest BCUT2D eigenvalue weighted by molar-refractivity contribution is 7.90. The molecule has 1 N–H and O–H groups in total. The van der Waals surface area contributed by atoms with Crippen molar-refractivity contribution in [2.24, 2.45) is 0 Å². The minimum Gasteiger partial charge on any atom is -0.338 e. The molecule has 6 nitrogen and oxygen atoms in total. The van der Waals surface area contributed by atoms with Crippen molar-refractivity contribution in [2.75, 3.05) is 19.3 Å². The number of aromatic amines is 1. The summed E-state index contributed by atoms with van der Waals surface area (Å²) in [5.41, 5.74) is 1.57. The lowest BCUT2D eigenvalue weighted by molar-refractivity contribution is 0.0705. The molecule has 1 atom stereocenters. The largest absolute Gasteiger partial charge is 0.338 e. The molecule has 1 aliphatic heterocycles. The summed E-state index contributed by atoms with van der Waals surface area (Å²) >= 11 is 0. The first kappa shape index (κ1) is 15.7. The number of H-pyrrole nitrogens is 1. The number of carbonyl (C=O) groups excluding carboxylic acids is 1. The fourth-order valence-electron chi connectivity index (χ4n) is 2.94. The lowest BCUT2D eigenvalue weighted by Gasteiger charge is -2.32. The van der Waals surface area contributed by atoms with Crippen molar-refractivity contribution in [3.05, 3.63) is 47.8 Å². The molecule has 1 aromatic heterocycles. The van der Waals surface area contributed by atoms with Crippen LogP contribution >= 0.6 is 0 Å². The van der Waals surface area contributed by atoms with Crippen molar-refractivity contribution < 1.29 is 13.2 Å². The van der Waals surface area contributed by atoms with Crippen LogP contribution in [0.3, 0.4) is 0 Å². The third kappa shape index (κ3) is 3.44. The van der Waals surface area contributed by atoms with Gasteiger partial charge in [0.2, 0.25) is 0 Å². The van der Waals surface area contributed by atoms with Crippen molar-refractivity contribution in [3.8, 4) is 0 Å². The Hall–Kier alpha value is -2.15. The molecule has 23 heavy (non-hydrogen) atoms. The number of carbonyl (C=O) groups is 1. The molecule has 3 rings (SSSR count). The molecule has 0 bridgehead atoms. The fraction of sp³-hybridized carbons (Fsp3) is 0.375.